The van der Waals surface area contributed by atoms with Gasteiger partial charge in [-0.1, -0.05) is 0 Å². The van der Waals surface area contributed by atoms with Crippen molar-refractivity contribution in [3.05, 3.63) is 0 Å². The first-order chi connectivity index (χ1) is 5.47. The van der Waals surface area contributed by atoms with Crippen molar-refractivity contribution >= 4 is 10.0 Å². The van der Waals surface area contributed by atoms with Crippen molar-refractivity contribution in [1.29, 1.82) is 0 Å². The highest BCUT2D eigenvalue weighted by Crippen LogP contribution is 2.18. The second-order valence-electron chi connectivity index (χ2n) is 3.33. The van der Waals surface area contributed by atoms with Crippen molar-refractivity contribution in [3.8, 4) is 0 Å². The van der Waals surface area contributed by atoms with Crippen molar-refractivity contribution < 1.29 is 13.2 Å². The van der Waals surface area contributed by atoms with Crippen LogP contribution in [0.4, 0.5) is 0 Å². The average Bonchev–Trinajstić information content (AvgIpc) is 1.82. The summed E-state index contributed by atoms with van der Waals surface area (Å²) in [6.45, 7) is 1.95. The summed E-state index contributed by atoms with van der Waals surface area (Å²) in [4.78, 5) is 0. The third-order valence-electron chi connectivity index (χ3n) is 1.98. The van der Waals surface area contributed by atoms with E-state index in [9.17, 15) is 8.42 Å². The van der Waals surface area contributed by atoms with Crippen molar-refractivity contribution in [1.82, 2.24) is 0 Å². The van der Waals surface area contributed by atoms with Crippen LogP contribution in [0, 0.1) is 0 Å². The fourth-order valence-electron chi connectivity index (χ4n) is 1.48. The van der Waals surface area contributed by atoms with Gasteiger partial charge in [0.2, 0.25) is 10.0 Å². The smallest absolute Gasteiger partial charge is 0.211 e. The zero-order valence-corrected chi connectivity index (χ0v) is 8.01. The Kier molecular flexibility index (Phi) is 3.09. The molecule has 0 bridgehead atoms. The first kappa shape index (κ1) is 9.95. The highest BCUT2D eigenvalue weighted by molar-refractivity contribution is 7.89. The van der Waals surface area contributed by atoms with E-state index in [0.717, 1.165) is 19.3 Å². The SMILES string of the molecule is CC1CCCC(CS(N)(=O)=O)O1. The Morgan fingerprint density at radius 3 is 2.67 bits per heavy atom. The van der Waals surface area contributed by atoms with E-state index in [2.05, 4.69) is 0 Å². The Balaban J connectivity index is 2.43. The number of hydrogen-bond acceptors (Lipinski definition) is 3. The summed E-state index contributed by atoms with van der Waals surface area (Å²) in [6, 6.07) is 0. The number of rotatable bonds is 2. The summed E-state index contributed by atoms with van der Waals surface area (Å²) in [5, 5.41) is 4.90. The van der Waals surface area contributed by atoms with Gasteiger partial charge in [0.15, 0.2) is 0 Å². The Hall–Kier alpha value is -0.130. The van der Waals surface area contributed by atoms with Gasteiger partial charge < -0.3 is 4.74 Å². The van der Waals surface area contributed by atoms with Crippen LogP contribution in [-0.4, -0.2) is 26.4 Å². The molecule has 1 fully saturated rings. The van der Waals surface area contributed by atoms with E-state index in [-0.39, 0.29) is 18.0 Å². The quantitative estimate of drug-likeness (QED) is 0.682. The van der Waals surface area contributed by atoms with Gasteiger partial charge in [-0.2, -0.15) is 0 Å². The lowest BCUT2D eigenvalue weighted by atomic mass is 10.1. The van der Waals surface area contributed by atoms with Crippen molar-refractivity contribution in [3.63, 3.8) is 0 Å². The molecule has 2 N–H and O–H groups in total. The van der Waals surface area contributed by atoms with E-state index >= 15 is 0 Å². The standard InChI is InChI=1S/C7H15NO3S/c1-6-3-2-4-7(11-6)5-12(8,9)10/h6-7H,2-5H2,1H3,(H2,8,9,10). The summed E-state index contributed by atoms with van der Waals surface area (Å²) in [5.41, 5.74) is 0. The Morgan fingerprint density at radius 1 is 1.50 bits per heavy atom. The molecule has 1 aliphatic rings. The van der Waals surface area contributed by atoms with E-state index in [1.54, 1.807) is 0 Å². The van der Waals surface area contributed by atoms with Crippen molar-refractivity contribution in [2.24, 2.45) is 5.14 Å². The Labute approximate surface area is 73.1 Å². The van der Waals surface area contributed by atoms with Gasteiger partial charge in [0.25, 0.3) is 0 Å². The molecule has 2 atom stereocenters. The molecule has 0 radical (unpaired) electrons. The van der Waals surface area contributed by atoms with Gasteiger partial charge in [0.05, 0.1) is 18.0 Å². The van der Waals surface area contributed by atoms with Crippen LogP contribution in [0.15, 0.2) is 0 Å². The van der Waals surface area contributed by atoms with Gasteiger partial charge in [0.1, 0.15) is 0 Å². The van der Waals surface area contributed by atoms with Crippen LogP contribution < -0.4 is 5.14 Å². The van der Waals surface area contributed by atoms with Gasteiger partial charge in [-0.05, 0) is 26.2 Å². The fraction of sp³-hybridized carbons (Fsp3) is 1.00. The summed E-state index contributed by atoms with van der Waals surface area (Å²) >= 11 is 0. The highest BCUT2D eigenvalue weighted by atomic mass is 32.2. The van der Waals surface area contributed by atoms with E-state index in [1.807, 2.05) is 6.92 Å². The van der Waals surface area contributed by atoms with E-state index < -0.39 is 10.0 Å². The molecule has 5 heteroatoms. The molecule has 72 valence electrons. The molecule has 1 aliphatic heterocycles. The fourth-order valence-corrected chi connectivity index (χ4v) is 2.24. The third-order valence-corrected chi connectivity index (χ3v) is 2.82. The molecule has 4 nitrogen and oxygen atoms in total. The minimum Gasteiger partial charge on any atom is -0.374 e. The van der Waals surface area contributed by atoms with Crippen molar-refractivity contribution in [2.75, 3.05) is 5.75 Å². The number of sulfonamides is 1. The van der Waals surface area contributed by atoms with Gasteiger partial charge in [-0.3, -0.25) is 0 Å². The first-order valence-electron chi connectivity index (χ1n) is 4.13. The van der Waals surface area contributed by atoms with Crippen molar-refractivity contribution in [2.45, 2.75) is 38.4 Å². The van der Waals surface area contributed by atoms with Gasteiger partial charge in [-0.25, -0.2) is 13.6 Å². The zero-order chi connectivity index (χ0) is 9.19. The predicted molar refractivity (Wildman–Crippen MR) is 46.2 cm³/mol. The second kappa shape index (κ2) is 3.72. The zero-order valence-electron chi connectivity index (χ0n) is 7.19. The van der Waals surface area contributed by atoms with Gasteiger partial charge in [0, 0.05) is 0 Å². The molecule has 0 aromatic heterocycles. The predicted octanol–water partition coefficient (Wildman–Crippen LogP) is 0.233. The maximum absolute atomic E-state index is 10.7. The molecule has 12 heavy (non-hydrogen) atoms. The molecular weight excluding hydrogens is 178 g/mol. The Morgan fingerprint density at radius 2 is 2.17 bits per heavy atom. The van der Waals surface area contributed by atoms with Gasteiger partial charge >= 0.3 is 0 Å². The molecular formula is C7H15NO3S. The van der Waals surface area contributed by atoms with E-state index in [1.165, 1.54) is 0 Å². The van der Waals surface area contributed by atoms with Crippen LogP contribution in [0.3, 0.4) is 0 Å². The molecule has 0 aromatic rings. The van der Waals surface area contributed by atoms with E-state index in [4.69, 9.17) is 9.88 Å². The van der Waals surface area contributed by atoms with Crippen LogP contribution in [0.5, 0.6) is 0 Å². The maximum Gasteiger partial charge on any atom is 0.211 e. The third kappa shape index (κ3) is 3.51. The van der Waals surface area contributed by atoms with Crippen LogP contribution in [0.1, 0.15) is 26.2 Å². The molecule has 1 saturated heterocycles. The molecule has 0 spiro atoms. The monoisotopic (exact) mass is 193 g/mol. The number of nitrogens with two attached hydrogens (primary N) is 1. The molecule has 0 aliphatic carbocycles. The van der Waals surface area contributed by atoms with Crippen LogP contribution in [0.25, 0.3) is 0 Å². The van der Waals surface area contributed by atoms with E-state index in [0.29, 0.717) is 0 Å². The summed E-state index contributed by atoms with van der Waals surface area (Å²) < 4.78 is 26.8. The summed E-state index contributed by atoms with van der Waals surface area (Å²) in [6.07, 6.45) is 2.83. The van der Waals surface area contributed by atoms with Crippen LogP contribution in [0.2, 0.25) is 0 Å². The molecule has 0 aromatic carbocycles. The molecule has 0 saturated carbocycles. The number of primary sulfonamides is 1. The summed E-state index contributed by atoms with van der Waals surface area (Å²) in [7, 11) is -3.37. The van der Waals surface area contributed by atoms with Gasteiger partial charge in [-0.15, -0.1) is 0 Å². The summed E-state index contributed by atoms with van der Waals surface area (Å²) in [5.74, 6) is -0.0443. The minimum absolute atomic E-state index is 0.0443. The Bertz CT molecular complexity index is 237. The molecule has 0 amide bonds. The highest BCUT2D eigenvalue weighted by Gasteiger charge is 2.22. The lowest BCUT2D eigenvalue weighted by molar-refractivity contribution is -0.0274. The largest absolute Gasteiger partial charge is 0.374 e. The topological polar surface area (TPSA) is 69.4 Å². The first-order valence-corrected chi connectivity index (χ1v) is 5.85. The average molecular weight is 193 g/mol. The maximum atomic E-state index is 10.7. The minimum atomic E-state index is -3.37. The molecule has 2 unspecified atom stereocenters. The number of ether oxygens (including phenoxy) is 1. The lowest BCUT2D eigenvalue weighted by Gasteiger charge is -2.26. The van der Waals surface area contributed by atoms with Crippen LogP contribution in [-0.2, 0) is 14.8 Å². The normalized spacial score (nSPS) is 31.8. The molecule has 1 heterocycles. The van der Waals surface area contributed by atoms with Crippen LogP contribution >= 0.6 is 0 Å². The number of hydrogen-bond donors (Lipinski definition) is 1. The second-order valence-corrected chi connectivity index (χ2v) is 4.99. The lowest BCUT2D eigenvalue weighted by Crippen LogP contribution is -2.34. The molecule has 1 rings (SSSR count).